The second-order valence-electron chi connectivity index (χ2n) is 14.4. The van der Waals surface area contributed by atoms with Gasteiger partial charge in [0.25, 0.3) is 0 Å². The van der Waals surface area contributed by atoms with E-state index in [4.69, 9.17) is 19.4 Å². The van der Waals surface area contributed by atoms with E-state index in [1.807, 2.05) is 48.5 Å². The van der Waals surface area contributed by atoms with Crippen molar-refractivity contribution < 1.29 is 4.42 Å². The lowest BCUT2D eigenvalue weighted by atomic mass is 10.1. The minimum atomic E-state index is 0.583. The van der Waals surface area contributed by atoms with Gasteiger partial charge >= 0.3 is 0 Å². The molecule has 57 heavy (non-hydrogen) atoms. The Labute approximate surface area is 326 Å². The van der Waals surface area contributed by atoms with Crippen LogP contribution in [0.2, 0.25) is 0 Å². The Balaban J connectivity index is 1.19. The Hall–Kier alpha value is -7.83. The van der Waals surface area contributed by atoms with Crippen molar-refractivity contribution in [3.8, 4) is 45.5 Å². The van der Waals surface area contributed by atoms with Crippen LogP contribution in [0.25, 0.3) is 111 Å². The van der Waals surface area contributed by atoms with Crippen LogP contribution in [0.1, 0.15) is 0 Å². The molecule has 12 aromatic rings. The Morgan fingerprint density at radius 3 is 1.63 bits per heavy atom. The number of fused-ring (bicyclic) bond motifs is 10. The van der Waals surface area contributed by atoms with E-state index in [1.165, 1.54) is 21.5 Å². The summed E-state index contributed by atoms with van der Waals surface area (Å²) < 4.78 is 11.1. The SMILES string of the molecule is c1ccc(-c2nc(-c3ccccc3-n3c4ccccc4c4ccc5c6ccccc6n(-c6ccccc6)c5c43)nc(-c3cccc4oc5ccccc5c34)n2)cc1. The van der Waals surface area contributed by atoms with E-state index in [2.05, 4.69) is 149 Å². The fourth-order valence-corrected chi connectivity index (χ4v) is 8.75. The maximum absolute atomic E-state index is 6.32. The van der Waals surface area contributed by atoms with Crippen LogP contribution in [-0.4, -0.2) is 24.1 Å². The molecular formula is C51H31N5O. The zero-order valence-corrected chi connectivity index (χ0v) is 30.5. The van der Waals surface area contributed by atoms with Gasteiger partial charge in [-0.15, -0.1) is 0 Å². The Morgan fingerprint density at radius 2 is 0.877 bits per heavy atom. The lowest BCUT2D eigenvalue weighted by Crippen LogP contribution is -2.04. The number of aromatic nitrogens is 5. The van der Waals surface area contributed by atoms with Crippen LogP contribution in [0, 0.1) is 0 Å². The van der Waals surface area contributed by atoms with Gasteiger partial charge in [-0.3, -0.25) is 0 Å². The molecule has 6 heteroatoms. The molecule has 12 rings (SSSR count). The number of hydrogen-bond donors (Lipinski definition) is 0. The molecule has 6 nitrogen and oxygen atoms in total. The van der Waals surface area contributed by atoms with E-state index in [9.17, 15) is 0 Å². The van der Waals surface area contributed by atoms with Gasteiger partial charge in [0.05, 0.1) is 27.8 Å². The van der Waals surface area contributed by atoms with Gasteiger partial charge in [0.15, 0.2) is 17.5 Å². The molecule has 4 aromatic heterocycles. The normalized spacial score (nSPS) is 11.9. The largest absolute Gasteiger partial charge is 0.456 e. The number of hydrogen-bond acceptors (Lipinski definition) is 4. The van der Waals surface area contributed by atoms with E-state index in [0.717, 1.165) is 72.1 Å². The summed E-state index contributed by atoms with van der Waals surface area (Å²) in [5.41, 5.74) is 10.9. The first-order valence-corrected chi connectivity index (χ1v) is 19.1. The summed E-state index contributed by atoms with van der Waals surface area (Å²) in [6.07, 6.45) is 0. The fourth-order valence-electron chi connectivity index (χ4n) is 8.75. The third kappa shape index (κ3) is 4.74. The molecular weight excluding hydrogens is 699 g/mol. The molecule has 0 unspecified atom stereocenters. The fraction of sp³-hybridized carbons (Fsp3) is 0. The van der Waals surface area contributed by atoms with E-state index < -0.39 is 0 Å². The molecule has 0 fully saturated rings. The molecule has 0 aliphatic heterocycles. The van der Waals surface area contributed by atoms with Crippen LogP contribution >= 0.6 is 0 Å². The highest BCUT2D eigenvalue weighted by Gasteiger charge is 2.24. The van der Waals surface area contributed by atoms with Crippen LogP contribution in [0.15, 0.2) is 192 Å². The third-order valence-corrected chi connectivity index (χ3v) is 11.2. The summed E-state index contributed by atoms with van der Waals surface area (Å²) in [6, 6.07) is 65.5. The van der Waals surface area contributed by atoms with Crippen LogP contribution in [-0.2, 0) is 0 Å². The molecule has 0 radical (unpaired) electrons. The van der Waals surface area contributed by atoms with Crippen LogP contribution in [0.4, 0.5) is 0 Å². The molecule has 0 spiro atoms. The Morgan fingerprint density at radius 1 is 0.351 bits per heavy atom. The molecule has 266 valence electrons. The summed E-state index contributed by atoms with van der Waals surface area (Å²) >= 11 is 0. The average Bonchev–Trinajstić information content (AvgIpc) is 3.95. The molecule has 8 aromatic carbocycles. The minimum absolute atomic E-state index is 0.583. The van der Waals surface area contributed by atoms with Gasteiger partial charge in [0.1, 0.15) is 11.2 Å². The van der Waals surface area contributed by atoms with E-state index in [-0.39, 0.29) is 0 Å². The van der Waals surface area contributed by atoms with Crippen LogP contribution < -0.4 is 0 Å². The molecule has 0 atom stereocenters. The number of nitrogens with zero attached hydrogens (tertiary/aromatic N) is 5. The molecule has 0 amide bonds. The number of benzene rings is 8. The first-order valence-electron chi connectivity index (χ1n) is 19.1. The molecule has 0 aliphatic rings. The van der Waals surface area contributed by atoms with E-state index >= 15 is 0 Å². The van der Waals surface area contributed by atoms with Crippen molar-refractivity contribution in [2.45, 2.75) is 0 Å². The summed E-state index contributed by atoms with van der Waals surface area (Å²) in [5.74, 6) is 1.77. The predicted molar refractivity (Wildman–Crippen MR) is 232 cm³/mol. The van der Waals surface area contributed by atoms with Gasteiger partial charge in [-0.05, 0) is 48.5 Å². The highest BCUT2D eigenvalue weighted by molar-refractivity contribution is 6.24. The standard InChI is InChI=1S/C51H31N5O/c1-3-16-32(17-4-1)49-52-50(54-51(53-49)40-24-15-29-45-46(40)39-23-10-14-28-44(39)57-45)38-22-9-13-27-43(38)56-42-26-12-8-21-35(42)37-31-30-36-34-20-7-11-25-41(34)55(47(36)48(37)56)33-18-5-2-6-19-33/h1-31H. The van der Waals surface area contributed by atoms with Crippen molar-refractivity contribution in [3.05, 3.63) is 188 Å². The van der Waals surface area contributed by atoms with Crippen LogP contribution in [0.5, 0.6) is 0 Å². The average molecular weight is 730 g/mol. The number of para-hydroxylation sites is 5. The van der Waals surface area contributed by atoms with Crippen LogP contribution in [0.3, 0.4) is 0 Å². The zero-order valence-electron chi connectivity index (χ0n) is 30.5. The minimum Gasteiger partial charge on any atom is -0.456 e. The number of furan rings is 1. The lowest BCUT2D eigenvalue weighted by molar-refractivity contribution is 0.669. The van der Waals surface area contributed by atoms with Crippen molar-refractivity contribution in [2.24, 2.45) is 0 Å². The Bertz CT molecular complexity index is 3520. The van der Waals surface area contributed by atoms with Crippen molar-refractivity contribution in [2.75, 3.05) is 0 Å². The lowest BCUT2D eigenvalue weighted by Gasteiger charge is -2.16. The van der Waals surface area contributed by atoms with Crippen molar-refractivity contribution >= 4 is 65.6 Å². The second-order valence-corrected chi connectivity index (χ2v) is 14.4. The summed E-state index contributed by atoms with van der Waals surface area (Å²) in [6.45, 7) is 0. The topological polar surface area (TPSA) is 61.7 Å². The van der Waals surface area contributed by atoms with Gasteiger partial charge in [0.2, 0.25) is 0 Å². The monoisotopic (exact) mass is 729 g/mol. The summed E-state index contributed by atoms with van der Waals surface area (Å²) in [7, 11) is 0. The maximum atomic E-state index is 6.32. The van der Waals surface area contributed by atoms with Gasteiger partial charge in [-0.1, -0.05) is 140 Å². The van der Waals surface area contributed by atoms with Crippen molar-refractivity contribution in [1.29, 1.82) is 0 Å². The molecule has 4 heterocycles. The first kappa shape index (κ1) is 31.5. The summed E-state index contributed by atoms with van der Waals surface area (Å²) in [5, 5.41) is 6.75. The smallest absolute Gasteiger partial charge is 0.166 e. The van der Waals surface area contributed by atoms with E-state index in [0.29, 0.717) is 17.5 Å². The van der Waals surface area contributed by atoms with E-state index in [1.54, 1.807) is 0 Å². The molecule has 0 saturated carbocycles. The van der Waals surface area contributed by atoms with Crippen molar-refractivity contribution in [3.63, 3.8) is 0 Å². The quantitative estimate of drug-likeness (QED) is 0.177. The molecule has 0 N–H and O–H groups in total. The zero-order chi connectivity index (χ0) is 37.5. The van der Waals surface area contributed by atoms with Gasteiger partial charge in [-0.2, -0.15) is 0 Å². The molecule has 0 aliphatic carbocycles. The first-order chi connectivity index (χ1) is 28.3. The van der Waals surface area contributed by atoms with Gasteiger partial charge < -0.3 is 13.6 Å². The molecule has 0 bridgehead atoms. The highest BCUT2D eigenvalue weighted by Crippen LogP contribution is 2.43. The second kappa shape index (κ2) is 12.3. The molecule has 0 saturated heterocycles. The predicted octanol–water partition coefficient (Wildman–Crippen LogP) is 13.0. The van der Waals surface area contributed by atoms with Gasteiger partial charge in [-0.25, -0.2) is 15.0 Å². The highest BCUT2D eigenvalue weighted by atomic mass is 16.3. The third-order valence-electron chi connectivity index (χ3n) is 11.2. The van der Waals surface area contributed by atoms with Gasteiger partial charge in [0, 0.05) is 54.7 Å². The Kier molecular flexibility index (Phi) is 6.83. The number of rotatable bonds is 5. The summed E-state index contributed by atoms with van der Waals surface area (Å²) in [4.78, 5) is 15.8. The van der Waals surface area contributed by atoms with Crippen molar-refractivity contribution in [1.82, 2.24) is 24.1 Å². The maximum Gasteiger partial charge on any atom is 0.166 e.